The lowest BCUT2D eigenvalue weighted by Crippen LogP contribution is -2.44. The van der Waals surface area contributed by atoms with Crippen LogP contribution < -0.4 is 5.32 Å². The van der Waals surface area contributed by atoms with Gasteiger partial charge in [0, 0.05) is 12.0 Å². The van der Waals surface area contributed by atoms with Crippen LogP contribution >= 0.6 is 0 Å². The second kappa shape index (κ2) is 6.54. The molecule has 0 aliphatic carbocycles. The van der Waals surface area contributed by atoms with Gasteiger partial charge in [0.25, 0.3) is 0 Å². The van der Waals surface area contributed by atoms with E-state index in [9.17, 15) is 9.59 Å². The number of amides is 1. The van der Waals surface area contributed by atoms with Crippen LogP contribution in [0, 0.1) is 19.8 Å². The predicted molar refractivity (Wildman–Crippen MR) is 73.4 cm³/mol. The van der Waals surface area contributed by atoms with Gasteiger partial charge >= 0.3 is 5.97 Å². The number of aliphatic carboxylic acids is 1. The molecule has 0 bridgehead atoms. The lowest BCUT2D eigenvalue weighted by molar-refractivity contribution is -0.143. The highest BCUT2D eigenvalue weighted by Crippen LogP contribution is 2.25. The van der Waals surface area contributed by atoms with Crippen molar-refractivity contribution in [2.24, 2.45) is 5.92 Å². The van der Waals surface area contributed by atoms with Crippen LogP contribution in [0.3, 0.4) is 0 Å². The smallest absolute Gasteiger partial charge is 0.326 e. The molecular formula is C14H22N2O4. The number of aryl methyl sites for hydroxylation is 2. The highest BCUT2D eigenvalue weighted by atomic mass is 16.5. The molecule has 1 aromatic rings. The largest absolute Gasteiger partial charge is 0.480 e. The van der Waals surface area contributed by atoms with Gasteiger partial charge in [-0.2, -0.15) is 0 Å². The van der Waals surface area contributed by atoms with E-state index in [0.717, 1.165) is 11.3 Å². The van der Waals surface area contributed by atoms with Crippen LogP contribution in [-0.4, -0.2) is 28.2 Å². The van der Waals surface area contributed by atoms with Gasteiger partial charge in [-0.05, 0) is 25.7 Å². The number of nitrogens with one attached hydrogen (secondary N) is 1. The number of hydrogen-bond donors (Lipinski definition) is 2. The molecule has 20 heavy (non-hydrogen) atoms. The van der Waals surface area contributed by atoms with Crippen LogP contribution in [-0.2, 0) is 9.59 Å². The number of carbonyl (C=O) groups excluding carboxylic acids is 1. The van der Waals surface area contributed by atoms with E-state index in [-0.39, 0.29) is 24.2 Å². The third-order valence-corrected chi connectivity index (χ3v) is 3.32. The van der Waals surface area contributed by atoms with Crippen molar-refractivity contribution in [3.05, 3.63) is 17.0 Å². The average Bonchev–Trinajstić information content (AvgIpc) is 2.65. The normalized spacial score (nSPS) is 14.1. The molecule has 0 aliphatic heterocycles. The first-order chi connectivity index (χ1) is 9.23. The second-order valence-electron chi connectivity index (χ2n) is 5.47. The van der Waals surface area contributed by atoms with Gasteiger partial charge < -0.3 is 14.9 Å². The first-order valence-electron chi connectivity index (χ1n) is 6.69. The lowest BCUT2D eigenvalue weighted by Gasteiger charge is -2.19. The molecule has 0 saturated carbocycles. The van der Waals surface area contributed by atoms with Crippen molar-refractivity contribution in [3.63, 3.8) is 0 Å². The molecule has 0 fully saturated rings. The quantitative estimate of drug-likeness (QED) is 0.832. The molecule has 0 aliphatic rings. The Morgan fingerprint density at radius 3 is 2.30 bits per heavy atom. The van der Waals surface area contributed by atoms with Crippen molar-refractivity contribution in [3.8, 4) is 0 Å². The van der Waals surface area contributed by atoms with Crippen molar-refractivity contribution < 1.29 is 19.2 Å². The molecule has 1 heterocycles. The topological polar surface area (TPSA) is 92.4 Å². The SMILES string of the molecule is Cc1noc(C)c1C(C)CC(=O)NC(C(=O)O)C(C)C. The predicted octanol–water partition coefficient (Wildman–Crippen LogP) is 2.01. The van der Waals surface area contributed by atoms with Crippen molar-refractivity contribution in [2.45, 2.75) is 53.0 Å². The van der Waals surface area contributed by atoms with Crippen LogP contribution in [0.25, 0.3) is 0 Å². The van der Waals surface area contributed by atoms with Crippen molar-refractivity contribution in [2.75, 3.05) is 0 Å². The van der Waals surface area contributed by atoms with E-state index >= 15 is 0 Å². The van der Waals surface area contributed by atoms with Crippen LogP contribution in [0.4, 0.5) is 0 Å². The van der Waals surface area contributed by atoms with Crippen molar-refractivity contribution in [1.29, 1.82) is 0 Å². The fraction of sp³-hybridized carbons (Fsp3) is 0.643. The summed E-state index contributed by atoms with van der Waals surface area (Å²) >= 11 is 0. The van der Waals surface area contributed by atoms with E-state index in [0.29, 0.717) is 5.76 Å². The summed E-state index contributed by atoms with van der Waals surface area (Å²) in [4.78, 5) is 23.0. The minimum atomic E-state index is -1.02. The van der Waals surface area contributed by atoms with Crippen LogP contribution in [0.2, 0.25) is 0 Å². The number of carboxylic acids is 1. The summed E-state index contributed by atoms with van der Waals surface area (Å²) in [6.45, 7) is 9.05. The van der Waals surface area contributed by atoms with E-state index < -0.39 is 12.0 Å². The first-order valence-corrected chi connectivity index (χ1v) is 6.69. The third-order valence-electron chi connectivity index (χ3n) is 3.32. The van der Waals surface area contributed by atoms with Crippen LogP contribution in [0.1, 0.15) is 50.1 Å². The zero-order valence-corrected chi connectivity index (χ0v) is 12.6. The summed E-state index contributed by atoms with van der Waals surface area (Å²) in [5, 5.41) is 15.5. The minimum absolute atomic E-state index is 0.0668. The third kappa shape index (κ3) is 3.82. The maximum atomic E-state index is 12.0. The molecule has 1 aromatic heterocycles. The fourth-order valence-electron chi connectivity index (χ4n) is 2.32. The highest BCUT2D eigenvalue weighted by Gasteiger charge is 2.25. The maximum Gasteiger partial charge on any atom is 0.326 e. The molecule has 0 aromatic carbocycles. The molecule has 112 valence electrons. The number of rotatable bonds is 6. The Labute approximate surface area is 118 Å². The standard InChI is InChI=1S/C14H22N2O4/c1-7(2)13(14(18)19)15-11(17)6-8(3)12-9(4)16-20-10(12)5/h7-8,13H,6H2,1-5H3,(H,15,17)(H,18,19). The lowest BCUT2D eigenvalue weighted by atomic mass is 9.95. The Morgan fingerprint density at radius 1 is 1.30 bits per heavy atom. The zero-order chi connectivity index (χ0) is 15.4. The molecule has 6 heteroatoms. The van der Waals surface area contributed by atoms with E-state index in [1.807, 2.05) is 13.8 Å². The molecule has 6 nitrogen and oxygen atoms in total. The van der Waals surface area contributed by atoms with Crippen molar-refractivity contribution >= 4 is 11.9 Å². The summed E-state index contributed by atoms with van der Waals surface area (Å²) < 4.78 is 5.08. The summed E-state index contributed by atoms with van der Waals surface area (Å²) in [7, 11) is 0. The van der Waals surface area contributed by atoms with Gasteiger partial charge in [-0.15, -0.1) is 0 Å². The Balaban J connectivity index is 2.69. The highest BCUT2D eigenvalue weighted by molar-refractivity contribution is 5.84. The summed E-state index contributed by atoms with van der Waals surface area (Å²) in [6, 6.07) is -0.862. The Morgan fingerprint density at radius 2 is 1.90 bits per heavy atom. The number of aromatic nitrogens is 1. The molecule has 2 N–H and O–H groups in total. The average molecular weight is 282 g/mol. The van der Waals surface area contributed by atoms with Crippen LogP contribution in [0.5, 0.6) is 0 Å². The van der Waals surface area contributed by atoms with E-state index in [1.54, 1.807) is 20.8 Å². The molecule has 0 radical (unpaired) electrons. The molecule has 0 spiro atoms. The zero-order valence-electron chi connectivity index (χ0n) is 12.6. The number of nitrogens with zero attached hydrogens (tertiary/aromatic N) is 1. The van der Waals surface area contributed by atoms with Gasteiger partial charge in [-0.3, -0.25) is 4.79 Å². The molecule has 1 amide bonds. The number of carboxylic acid groups (broad SMARTS) is 1. The van der Waals surface area contributed by atoms with Crippen molar-refractivity contribution in [1.82, 2.24) is 10.5 Å². The molecule has 2 atom stereocenters. The van der Waals surface area contributed by atoms with Gasteiger partial charge in [-0.1, -0.05) is 25.9 Å². The Kier molecular flexibility index (Phi) is 5.30. The van der Waals surface area contributed by atoms with Gasteiger partial charge in [-0.25, -0.2) is 4.79 Å². The Hall–Kier alpha value is -1.85. The van der Waals surface area contributed by atoms with Gasteiger partial charge in [0.15, 0.2) is 0 Å². The first kappa shape index (κ1) is 16.2. The molecule has 0 saturated heterocycles. The Bertz CT molecular complexity index is 474. The second-order valence-corrected chi connectivity index (χ2v) is 5.47. The molecule has 2 unspecified atom stereocenters. The molecular weight excluding hydrogens is 260 g/mol. The van der Waals surface area contributed by atoms with Gasteiger partial charge in [0.1, 0.15) is 11.8 Å². The summed E-state index contributed by atoms with van der Waals surface area (Å²) in [5.74, 6) is -0.827. The van der Waals surface area contributed by atoms with E-state index in [1.165, 1.54) is 0 Å². The van der Waals surface area contributed by atoms with E-state index in [2.05, 4.69) is 10.5 Å². The van der Waals surface area contributed by atoms with Gasteiger partial charge in [0.2, 0.25) is 5.91 Å². The van der Waals surface area contributed by atoms with Crippen LogP contribution in [0.15, 0.2) is 4.52 Å². The summed E-state index contributed by atoms with van der Waals surface area (Å²) in [5.41, 5.74) is 1.68. The number of carbonyl (C=O) groups is 2. The van der Waals surface area contributed by atoms with Gasteiger partial charge in [0.05, 0.1) is 5.69 Å². The van der Waals surface area contributed by atoms with E-state index in [4.69, 9.17) is 9.63 Å². The minimum Gasteiger partial charge on any atom is -0.480 e. The fourth-order valence-corrected chi connectivity index (χ4v) is 2.32. The molecule has 1 rings (SSSR count). The summed E-state index contributed by atoms with van der Waals surface area (Å²) in [6.07, 6.45) is 0.208. The maximum absolute atomic E-state index is 12.0. The number of hydrogen-bond acceptors (Lipinski definition) is 4. The monoisotopic (exact) mass is 282 g/mol.